The number of aromatic amines is 1. The molecular formula is C11H17N5S. The number of nitrogens with zero attached hydrogens (tertiary/aromatic N) is 3. The van der Waals surface area contributed by atoms with Crippen LogP contribution in [0.5, 0.6) is 0 Å². The van der Waals surface area contributed by atoms with Gasteiger partial charge in [-0.25, -0.2) is 0 Å². The van der Waals surface area contributed by atoms with Gasteiger partial charge in [0.1, 0.15) is 5.01 Å². The summed E-state index contributed by atoms with van der Waals surface area (Å²) < 4.78 is 0. The maximum atomic E-state index is 4.19. The number of hydrogen-bond donors (Lipinski definition) is 2. The number of hydrogen-bond acceptors (Lipinski definition) is 5. The summed E-state index contributed by atoms with van der Waals surface area (Å²) in [5.41, 5.74) is 2.15. The van der Waals surface area contributed by atoms with Crippen molar-refractivity contribution in [2.45, 2.75) is 39.8 Å². The third kappa shape index (κ3) is 3.10. The van der Waals surface area contributed by atoms with Crippen LogP contribution in [0.1, 0.15) is 31.5 Å². The second kappa shape index (κ2) is 4.54. The lowest BCUT2D eigenvalue weighted by molar-refractivity contribution is 0.423. The third-order valence-electron chi connectivity index (χ3n) is 2.30. The summed E-state index contributed by atoms with van der Waals surface area (Å²) in [4.78, 5) is 0. The summed E-state index contributed by atoms with van der Waals surface area (Å²) >= 11 is 1.60. The summed E-state index contributed by atoms with van der Waals surface area (Å²) in [6.45, 7) is 9.13. The molecule has 0 unspecified atom stereocenters. The molecule has 2 rings (SSSR count). The van der Waals surface area contributed by atoms with E-state index in [0.717, 1.165) is 27.8 Å². The minimum absolute atomic E-state index is 0.0946. The van der Waals surface area contributed by atoms with Gasteiger partial charge in [0, 0.05) is 11.2 Å². The minimum Gasteiger partial charge on any atom is -0.306 e. The van der Waals surface area contributed by atoms with Crippen molar-refractivity contribution < 1.29 is 0 Å². The Bertz CT molecular complexity index is 494. The minimum atomic E-state index is 0.0946. The maximum absolute atomic E-state index is 4.19. The van der Waals surface area contributed by atoms with E-state index in [1.165, 1.54) is 0 Å². The standard InChI is InChI=1S/C11H17N5S/c1-7-8(5-13-14-7)10-16-15-9(17-10)6-12-11(2,3)4/h5,12H,6H2,1-4H3,(H,13,14). The van der Waals surface area contributed by atoms with Crippen molar-refractivity contribution in [1.29, 1.82) is 0 Å². The summed E-state index contributed by atoms with van der Waals surface area (Å²) in [5.74, 6) is 0. The normalized spacial score (nSPS) is 12.0. The molecule has 0 radical (unpaired) electrons. The summed E-state index contributed by atoms with van der Waals surface area (Å²) in [6.07, 6.45) is 1.79. The number of rotatable bonds is 3. The Labute approximate surface area is 105 Å². The summed E-state index contributed by atoms with van der Waals surface area (Å²) in [6, 6.07) is 0. The Morgan fingerprint density at radius 2 is 2.12 bits per heavy atom. The van der Waals surface area contributed by atoms with E-state index in [2.05, 4.69) is 46.5 Å². The van der Waals surface area contributed by atoms with Crippen molar-refractivity contribution in [2.24, 2.45) is 0 Å². The van der Waals surface area contributed by atoms with Crippen molar-refractivity contribution in [2.75, 3.05) is 0 Å². The van der Waals surface area contributed by atoms with Gasteiger partial charge >= 0.3 is 0 Å². The number of aryl methyl sites for hydroxylation is 1. The first-order valence-electron chi connectivity index (χ1n) is 5.53. The van der Waals surface area contributed by atoms with Gasteiger partial charge in [-0.05, 0) is 27.7 Å². The van der Waals surface area contributed by atoms with Gasteiger partial charge in [-0.15, -0.1) is 10.2 Å². The molecule has 0 aliphatic rings. The van der Waals surface area contributed by atoms with Crippen molar-refractivity contribution in [3.63, 3.8) is 0 Å². The molecule has 0 aromatic carbocycles. The molecule has 0 aliphatic carbocycles. The van der Waals surface area contributed by atoms with Crippen molar-refractivity contribution in [1.82, 2.24) is 25.7 Å². The van der Waals surface area contributed by atoms with Gasteiger partial charge in [-0.3, -0.25) is 5.10 Å². The molecule has 0 amide bonds. The molecule has 2 heterocycles. The SMILES string of the molecule is Cc1[nH]ncc1-c1nnc(CNC(C)(C)C)s1. The highest BCUT2D eigenvalue weighted by Crippen LogP contribution is 2.25. The fourth-order valence-corrected chi connectivity index (χ4v) is 2.19. The zero-order valence-corrected chi connectivity index (χ0v) is 11.4. The molecule has 5 nitrogen and oxygen atoms in total. The lowest BCUT2D eigenvalue weighted by Gasteiger charge is -2.19. The van der Waals surface area contributed by atoms with E-state index in [1.807, 2.05) is 6.92 Å². The maximum Gasteiger partial charge on any atom is 0.151 e. The van der Waals surface area contributed by atoms with E-state index in [0.29, 0.717) is 0 Å². The van der Waals surface area contributed by atoms with E-state index < -0.39 is 0 Å². The predicted molar refractivity (Wildman–Crippen MR) is 68.8 cm³/mol. The number of aromatic nitrogens is 4. The van der Waals surface area contributed by atoms with Crippen LogP contribution in [0.4, 0.5) is 0 Å². The Balaban J connectivity index is 2.09. The molecule has 92 valence electrons. The molecule has 0 saturated carbocycles. The van der Waals surface area contributed by atoms with Gasteiger partial charge < -0.3 is 5.32 Å². The quantitative estimate of drug-likeness (QED) is 0.877. The molecule has 0 spiro atoms. The monoisotopic (exact) mass is 251 g/mol. The first-order valence-corrected chi connectivity index (χ1v) is 6.35. The largest absolute Gasteiger partial charge is 0.306 e. The fraction of sp³-hybridized carbons (Fsp3) is 0.545. The van der Waals surface area contributed by atoms with Crippen LogP contribution in [-0.4, -0.2) is 25.9 Å². The first kappa shape index (κ1) is 12.2. The van der Waals surface area contributed by atoms with Crippen LogP contribution in [-0.2, 0) is 6.54 Å². The molecular weight excluding hydrogens is 234 g/mol. The first-order chi connectivity index (χ1) is 7.96. The predicted octanol–water partition coefficient (Wildman–Crippen LogP) is 2.12. The van der Waals surface area contributed by atoms with Crippen LogP contribution in [0.15, 0.2) is 6.20 Å². The van der Waals surface area contributed by atoms with Gasteiger partial charge in [0.25, 0.3) is 0 Å². The topological polar surface area (TPSA) is 66.5 Å². The average molecular weight is 251 g/mol. The summed E-state index contributed by atoms with van der Waals surface area (Å²) in [5, 5.41) is 20.6. The molecule has 0 saturated heterocycles. The molecule has 2 aromatic heterocycles. The van der Waals surface area contributed by atoms with Gasteiger partial charge in [0.05, 0.1) is 18.3 Å². The Morgan fingerprint density at radius 1 is 1.35 bits per heavy atom. The van der Waals surface area contributed by atoms with E-state index >= 15 is 0 Å². The van der Waals surface area contributed by atoms with Crippen LogP contribution < -0.4 is 5.32 Å². The lowest BCUT2D eigenvalue weighted by atomic mass is 10.1. The van der Waals surface area contributed by atoms with Gasteiger partial charge in [0.15, 0.2) is 5.01 Å². The number of nitrogens with one attached hydrogen (secondary N) is 2. The molecule has 0 atom stereocenters. The lowest BCUT2D eigenvalue weighted by Crippen LogP contribution is -2.35. The van der Waals surface area contributed by atoms with Crippen LogP contribution in [0.3, 0.4) is 0 Å². The molecule has 6 heteroatoms. The van der Waals surface area contributed by atoms with Crippen molar-refractivity contribution in [3.05, 3.63) is 16.9 Å². The van der Waals surface area contributed by atoms with Gasteiger partial charge in [-0.1, -0.05) is 11.3 Å². The number of H-pyrrole nitrogens is 1. The van der Waals surface area contributed by atoms with Crippen LogP contribution in [0, 0.1) is 6.92 Å². The molecule has 2 N–H and O–H groups in total. The Kier molecular flexibility index (Phi) is 3.26. The Morgan fingerprint density at radius 3 is 2.71 bits per heavy atom. The highest BCUT2D eigenvalue weighted by Gasteiger charge is 2.13. The molecule has 17 heavy (non-hydrogen) atoms. The molecule has 0 bridgehead atoms. The zero-order chi connectivity index (χ0) is 12.5. The highest BCUT2D eigenvalue weighted by atomic mass is 32.1. The Hall–Kier alpha value is -1.27. The zero-order valence-electron chi connectivity index (χ0n) is 10.5. The van der Waals surface area contributed by atoms with Crippen LogP contribution in [0.25, 0.3) is 10.6 Å². The van der Waals surface area contributed by atoms with Gasteiger partial charge in [0.2, 0.25) is 0 Å². The second-order valence-electron chi connectivity index (χ2n) is 5.01. The fourth-order valence-electron chi connectivity index (χ4n) is 1.34. The smallest absolute Gasteiger partial charge is 0.151 e. The van der Waals surface area contributed by atoms with Crippen LogP contribution in [0.2, 0.25) is 0 Å². The van der Waals surface area contributed by atoms with Crippen molar-refractivity contribution in [3.8, 4) is 10.6 Å². The highest BCUT2D eigenvalue weighted by molar-refractivity contribution is 7.14. The van der Waals surface area contributed by atoms with Gasteiger partial charge in [-0.2, -0.15) is 5.10 Å². The van der Waals surface area contributed by atoms with E-state index in [9.17, 15) is 0 Å². The third-order valence-corrected chi connectivity index (χ3v) is 3.25. The molecule has 0 aliphatic heterocycles. The molecule has 2 aromatic rings. The second-order valence-corrected chi connectivity index (χ2v) is 6.08. The van der Waals surface area contributed by atoms with E-state index in [1.54, 1.807) is 17.5 Å². The van der Waals surface area contributed by atoms with E-state index in [4.69, 9.17) is 0 Å². The average Bonchev–Trinajstić information content (AvgIpc) is 2.81. The summed E-state index contributed by atoms with van der Waals surface area (Å²) in [7, 11) is 0. The van der Waals surface area contributed by atoms with Crippen LogP contribution >= 0.6 is 11.3 Å². The van der Waals surface area contributed by atoms with Crippen molar-refractivity contribution >= 4 is 11.3 Å². The molecule has 0 fully saturated rings. The van der Waals surface area contributed by atoms with E-state index in [-0.39, 0.29) is 5.54 Å².